The largest absolute Gasteiger partial charge is 0.398 e. The van der Waals surface area contributed by atoms with Crippen LogP contribution >= 0.6 is 15.9 Å². The predicted octanol–water partition coefficient (Wildman–Crippen LogP) is 3.61. The summed E-state index contributed by atoms with van der Waals surface area (Å²) < 4.78 is 0.847. The van der Waals surface area contributed by atoms with Gasteiger partial charge in [-0.3, -0.25) is 4.79 Å². The molecule has 1 amide bonds. The average Bonchev–Trinajstić information content (AvgIpc) is 2.43. The highest BCUT2D eigenvalue weighted by Crippen LogP contribution is 2.20. The number of nitrogen functional groups attached to an aromatic ring is 1. The molecule has 0 aliphatic heterocycles. The zero-order chi connectivity index (χ0) is 14.7. The molecule has 0 spiro atoms. The minimum atomic E-state index is -0.0768. The number of anilines is 1. The molecule has 2 aromatic carbocycles. The first-order valence-corrected chi connectivity index (χ1v) is 7.13. The predicted molar refractivity (Wildman–Crippen MR) is 85.5 cm³/mol. The van der Waals surface area contributed by atoms with Gasteiger partial charge in [0.25, 0.3) is 5.91 Å². The highest BCUT2D eigenvalue weighted by molar-refractivity contribution is 9.10. The van der Waals surface area contributed by atoms with Crippen molar-refractivity contribution in [1.29, 1.82) is 0 Å². The Hall–Kier alpha value is -1.81. The van der Waals surface area contributed by atoms with Crippen LogP contribution in [0.3, 0.4) is 0 Å². The Balaban J connectivity index is 2.21. The summed E-state index contributed by atoms with van der Waals surface area (Å²) in [5.74, 6) is -0.0768. The van der Waals surface area contributed by atoms with E-state index in [-0.39, 0.29) is 5.91 Å². The van der Waals surface area contributed by atoms with E-state index >= 15 is 0 Å². The minimum absolute atomic E-state index is 0.0768. The summed E-state index contributed by atoms with van der Waals surface area (Å²) in [4.78, 5) is 14.1. The number of benzene rings is 2. The SMILES string of the molecule is Cc1ccccc1CN(C)C(=O)c1cc(Br)ccc1N. The maximum Gasteiger partial charge on any atom is 0.256 e. The number of aryl methyl sites for hydroxylation is 1. The Morgan fingerprint density at radius 3 is 2.65 bits per heavy atom. The van der Waals surface area contributed by atoms with Gasteiger partial charge in [0, 0.05) is 23.8 Å². The summed E-state index contributed by atoms with van der Waals surface area (Å²) >= 11 is 3.37. The van der Waals surface area contributed by atoms with Crippen LogP contribution in [-0.2, 0) is 6.54 Å². The number of nitrogens with zero attached hydrogens (tertiary/aromatic N) is 1. The molecular weight excluding hydrogens is 316 g/mol. The Labute approximate surface area is 127 Å². The first-order valence-electron chi connectivity index (χ1n) is 6.34. The third kappa shape index (κ3) is 3.20. The van der Waals surface area contributed by atoms with Crippen molar-refractivity contribution in [2.75, 3.05) is 12.8 Å². The summed E-state index contributed by atoms with van der Waals surface area (Å²) in [5.41, 5.74) is 9.21. The van der Waals surface area contributed by atoms with Crippen molar-refractivity contribution in [2.45, 2.75) is 13.5 Å². The molecule has 0 aromatic heterocycles. The van der Waals surface area contributed by atoms with Gasteiger partial charge in [-0.15, -0.1) is 0 Å². The highest BCUT2D eigenvalue weighted by Gasteiger charge is 2.15. The van der Waals surface area contributed by atoms with Crippen LogP contribution in [0.2, 0.25) is 0 Å². The van der Waals surface area contributed by atoms with Crippen LogP contribution in [0, 0.1) is 6.92 Å². The maximum absolute atomic E-state index is 12.5. The van der Waals surface area contributed by atoms with Gasteiger partial charge in [-0.2, -0.15) is 0 Å². The fourth-order valence-corrected chi connectivity index (χ4v) is 2.40. The summed E-state index contributed by atoms with van der Waals surface area (Å²) in [6.07, 6.45) is 0. The molecule has 2 N–H and O–H groups in total. The fraction of sp³-hybridized carbons (Fsp3) is 0.188. The lowest BCUT2D eigenvalue weighted by Gasteiger charge is -2.19. The molecule has 2 rings (SSSR count). The number of amides is 1. The van der Waals surface area contributed by atoms with E-state index in [1.54, 1.807) is 24.1 Å². The average molecular weight is 333 g/mol. The summed E-state index contributed by atoms with van der Waals surface area (Å²) in [6.45, 7) is 2.61. The minimum Gasteiger partial charge on any atom is -0.398 e. The van der Waals surface area contributed by atoms with Crippen molar-refractivity contribution in [3.05, 3.63) is 63.6 Å². The molecule has 0 unspecified atom stereocenters. The lowest BCUT2D eigenvalue weighted by molar-refractivity contribution is 0.0786. The lowest BCUT2D eigenvalue weighted by Crippen LogP contribution is -2.27. The maximum atomic E-state index is 12.5. The zero-order valence-corrected chi connectivity index (χ0v) is 13.1. The first-order chi connectivity index (χ1) is 9.49. The van der Waals surface area contributed by atoms with Crippen LogP contribution in [0.5, 0.6) is 0 Å². The number of nitrogens with two attached hydrogens (primary N) is 1. The van der Waals surface area contributed by atoms with E-state index in [1.807, 2.05) is 37.3 Å². The normalized spacial score (nSPS) is 10.3. The van der Waals surface area contributed by atoms with Crippen molar-refractivity contribution in [2.24, 2.45) is 0 Å². The van der Waals surface area contributed by atoms with E-state index in [9.17, 15) is 4.79 Å². The summed E-state index contributed by atoms with van der Waals surface area (Å²) in [7, 11) is 1.79. The van der Waals surface area contributed by atoms with Gasteiger partial charge in [0.2, 0.25) is 0 Å². The van der Waals surface area contributed by atoms with Crippen molar-refractivity contribution in [3.63, 3.8) is 0 Å². The van der Waals surface area contributed by atoms with E-state index in [1.165, 1.54) is 5.56 Å². The number of carbonyl (C=O) groups excluding carboxylic acids is 1. The van der Waals surface area contributed by atoms with Gasteiger partial charge < -0.3 is 10.6 Å². The number of rotatable bonds is 3. The van der Waals surface area contributed by atoms with Crippen molar-refractivity contribution < 1.29 is 4.79 Å². The standard InChI is InChI=1S/C16H17BrN2O/c1-11-5-3-4-6-12(11)10-19(2)16(20)14-9-13(17)7-8-15(14)18/h3-9H,10,18H2,1-2H3. The van der Waals surface area contributed by atoms with Gasteiger partial charge in [-0.25, -0.2) is 0 Å². The van der Waals surface area contributed by atoms with E-state index in [0.717, 1.165) is 10.0 Å². The van der Waals surface area contributed by atoms with E-state index in [0.29, 0.717) is 17.8 Å². The first kappa shape index (κ1) is 14.6. The molecule has 4 heteroatoms. The number of hydrogen-bond donors (Lipinski definition) is 1. The molecule has 2 aromatic rings. The second-order valence-corrected chi connectivity index (χ2v) is 5.73. The van der Waals surface area contributed by atoms with Crippen LogP contribution in [0.4, 0.5) is 5.69 Å². The number of hydrogen-bond acceptors (Lipinski definition) is 2. The number of carbonyl (C=O) groups is 1. The van der Waals surface area contributed by atoms with E-state index in [2.05, 4.69) is 15.9 Å². The van der Waals surface area contributed by atoms with Gasteiger partial charge in [-0.1, -0.05) is 40.2 Å². The van der Waals surface area contributed by atoms with Gasteiger partial charge in [0.15, 0.2) is 0 Å². The summed E-state index contributed by atoms with van der Waals surface area (Å²) in [5, 5.41) is 0. The Morgan fingerprint density at radius 1 is 1.25 bits per heavy atom. The monoisotopic (exact) mass is 332 g/mol. The zero-order valence-electron chi connectivity index (χ0n) is 11.6. The molecule has 0 atom stereocenters. The molecule has 0 radical (unpaired) electrons. The van der Waals surface area contributed by atoms with Crippen molar-refractivity contribution in [1.82, 2.24) is 4.90 Å². The molecule has 0 aliphatic rings. The fourth-order valence-electron chi connectivity index (χ4n) is 2.03. The third-order valence-corrected chi connectivity index (χ3v) is 3.75. The second-order valence-electron chi connectivity index (χ2n) is 4.82. The van der Waals surface area contributed by atoms with E-state index < -0.39 is 0 Å². The van der Waals surface area contributed by atoms with Crippen LogP contribution in [0.1, 0.15) is 21.5 Å². The van der Waals surface area contributed by atoms with Gasteiger partial charge in [0.1, 0.15) is 0 Å². The van der Waals surface area contributed by atoms with Crippen molar-refractivity contribution >= 4 is 27.5 Å². The van der Waals surface area contributed by atoms with Crippen LogP contribution in [-0.4, -0.2) is 17.9 Å². The molecule has 104 valence electrons. The van der Waals surface area contributed by atoms with Crippen LogP contribution in [0.25, 0.3) is 0 Å². The molecular formula is C16H17BrN2O. The smallest absolute Gasteiger partial charge is 0.256 e. The molecule has 0 saturated heterocycles. The van der Waals surface area contributed by atoms with Crippen LogP contribution < -0.4 is 5.73 Å². The summed E-state index contributed by atoms with van der Waals surface area (Å²) in [6, 6.07) is 13.4. The molecule has 3 nitrogen and oxygen atoms in total. The Kier molecular flexibility index (Phi) is 4.45. The molecule has 20 heavy (non-hydrogen) atoms. The molecule has 0 aliphatic carbocycles. The highest BCUT2D eigenvalue weighted by atomic mass is 79.9. The number of halogens is 1. The van der Waals surface area contributed by atoms with E-state index in [4.69, 9.17) is 5.73 Å². The molecule has 0 heterocycles. The van der Waals surface area contributed by atoms with Crippen LogP contribution in [0.15, 0.2) is 46.9 Å². The van der Waals surface area contributed by atoms with Crippen molar-refractivity contribution in [3.8, 4) is 0 Å². The Morgan fingerprint density at radius 2 is 1.95 bits per heavy atom. The van der Waals surface area contributed by atoms with Gasteiger partial charge >= 0.3 is 0 Å². The lowest BCUT2D eigenvalue weighted by atomic mass is 10.1. The second kappa shape index (κ2) is 6.09. The quantitative estimate of drug-likeness (QED) is 0.872. The topological polar surface area (TPSA) is 46.3 Å². The van der Waals surface area contributed by atoms with Gasteiger partial charge in [0.05, 0.1) is 5.56 Å². The van der Waals surface area contributed by atoms with Gasteiger partial charge in [-0.05, 0) is 36.2 Å². The molecule has 0 fully saturated rings. The molecule has 0 saturated carbocycles. The molecule has 0 bridgehead atoms. The Bertz CT molecular complexity index is 640. The third-order valence-electron chi connectivity index (χ3n) is 3.26.